The second-order valence-corrected chi connectivity index (χ2v) is 10.6. The molecule has 0 aliphatic carbocycles. The second kappa shape index (κ2) is 11.6. The maximum Gasteiger partial charge on any atom is 0.309 e. The molecule has 1 fully saturated rings. The zero-order valence-corrected chi connectivity index (χ0v) is 20.3. The number of hydrogen-bond acceptors (Lipinski definition) is 4. The lowest BCUT2D eigenvalue weighted by Crippen LogP contribution is -2.46. The molecular weight excluding hydrogens is 462 g/mol. The van der Waals surface area contributed by atoms with Crippen LogP contribution in [0.15, 0.2) is 53.4 Å². The standard InChI is InChI=1S/C24H30ClN3O4S/c1-18-5-11-22(12-6-18)33(31,32)28-17-3-2-4-21(28)14-16-27-24(30)23(29)26-15-13-19-7-9-20(25)10-8-19/h5-12,21H,2-4,13-17H2,1H3,(H,26,29)(H,27,30)/t21-/m1/s1. The number of amides is 2. The minimum absolute atomic E-state index is 0.210. The maximum atomic E-state index is 13.1. The molecule has 1 aliphatic heterocycles. The zero-order chi connectivity index (χ0) is 23.8. The van der Waals surface area contributed by atoms with Gasteiger partial charge < -0.3 is 10.6 Å². The highest BCUT2D eigenvalue weighted by Crippen LogP contribution is 2.27. The van der Waals surface area contributed by atoms with E-state index in [1.807, 2.05) is 19.1 Å². The average molecular weight is 492 g/mol. The molecule has 2 amide bonds. The molecule has 2 N–H and O–H groups in total. The minimum Gasteiger partial charge on any atom is -0.348 e. The smallest absolute Gasteiger partial charge is 0.309 e. The van der Waals surface area contributed by atoms with Gasteiger partial charge in [0.05, 0.1) is 4.90 Å². The predicted molar refractivity (Wildman–Crippen MR) is 129 cm³/mol. The summed E-state index contributed by atoms with van der Waals surface area (Å²) in [5.74, 6) is -1.41. The van der Waals surface area contributed by atoms with Gasteiger partial charge in [0.15, 0.2) is 0 Å². The van der Waals surface area contributed by atoms with Crippen molar-refractivity contribution >= 4 is 33.4 Å². The summed E-state index contributed by atoms with van der Waals surface area (Å²) in [4.78, 5) is 24.5. The van der Waals surface area contributed by atoms with Gasteiger partial charge in [0.2, 0.25) is 10.0 Å². The Labute approximate surface area is 200 Å². The molecule has 1 heterocycles. The van der Waals surface area contributed by atoms with E-state index in [2.05, 4.69) is 10.6 Å². The van der Waals surface area contributed by atoms with E-state index in [1.165, 1.54) is 0 Å². The summed E-state index contributed by atoms with van der Waals surface area (Å²) in [7, 11) is -3.60. The Kier molecular flexibility index (Phi) is 8.88. The van der Waals surface area contributed by atoms with Gasteiger partial charge in [-0.1, -0.05) is 47.9 Å². The van der Waals surface area contributed by atoms with E-state index in [1.54, 1.807) is 40.7 Å². The van der Waals surface area contributed by atoms with E-state index in [4.69, 9.17) is 11.6 Å². The molecule has 1 aliphatic rings. The molecule has 2 aromatic rings. The highest BCUT2D eigenvalue weighted by molar-refractivity contribution is 7.89. The van der Waals surface area contributed by atoms with Crippen LogP contribution in [0.3, 0.4) is 0 Å². The van der Waals surface area contributed by atoms with Crippen LogP contribution in [0.25, 0.3) is 0 Å². The molecule has 0 aromatic heterocycles. The Morgan fingerprint density at radius 3 is 2.27 bits per heavy atom. The predicted octanol–water partition coefficient (Wildman–Crippen LogP) is 3.06. The van der Waals surface area contributed by atoms with Gasteiger partial charge in [-0.25, -0.2) is 8.42 Å². The molecule has 0 unspecified atom stereocenters. The van der Waals surface area contributed by atoms with Crippen molar-refractivity contribution in [2.75, 3.05) is 19.6 Å². The summed E-state index contributed by atoms with van der Waals surface area (Å²) in [6.45, 7) is 2.93. The van der Waals surface area contributed by atoms with E-state index in [9.17, 15) is 18.0 Å². The molecule has 0 bridgehead atoms. The first-order valence-electron chi connectivity index (χ1n) is 11.2. The molecule has 3 rings (SSSR count). The van der Waals surface area contributed by atoms with Crippen LogP contribution in [0.1, 0.15) is 36.8 Å². The fraction of sp³-hybridized carbons (Fsp3) is 0.417. The first-order valence-corrected chi connectivity index (χ1v) is 13.0. The maximum absolute atomic E-state index is 13.1. The molecule has 9 heteroatoms. The lowest BCUT2D eigenvalue weighted by molar-refractivity contribution is -0.139. The summed E-state index contributed by atoms with van der Waals surface area (Å²) >= 11 is 5.85. The van der Waals surface area contributed by atoms with Gasteiger partial charge in [-0.2, -0.15) is 4.31 Å². The summed E-state index contributed by atoms with van der Waals surface area (Å²) < 4.78 is 27.8. The normalized spacial score (nSPS) is 16.8. The first-order chi connectivity index (χ1) is 15.8. The Hall–Kier alpha value is -2.42. The van der Waals surface area contributed by atoms with E-state index >= 15 is 0 Å². The third-order valence-corrected chi connectivity index (χ3v) is 8.00. The highest BCUT2D eigenvalue weighted by Gasteiger charge is 2.33. The number of rotatable bonds is 8. The van der Waals surface area contributed by atoms with Crippen molar-refractivity contribution < 1.29 is 18.0 Å². The van der Waals surface area contributed by atoms with E-state index in [0.29, 0.717) is 31.0 Å². The van der Waals surface area contributed by atoms with E-state index < -0.39 is 21.8 Å². The number of hydrogen-bond donors (Lipinski definition) is 2. The van der Waals surface area contributed by atoms with Crippen LogP contribution >= 0.6 is 11.6 Å². The van der Waals surface area contributed by atoms with Gasteiger partial charge in [-0.15, -0.1) is 0 Å². The largest absolute Gasteiger partial charge is 0.348 e. The molecule has 0 saturated carbocycles. The monoisotopic (exact) mass is 491 g/mol. The molecule has 1 atom stereocenters. The fourth-order valence-corrected chi connectivity index (χ4v) is 5.76. The van der Waals surface area contributed by atoms with Gasteiger partial charge in [-0.3, -0.25) is 9.59 Å². The molecule has 178 valence electrons. The van der Waals surface area contributed by atoms with Crippen molar-refractivity contribution in [1.29, 1.82) is 0 Å². The Bertz CT molecular complexity index is 1060. The molecular formula is C24H30ClN3O4S. The van der Waals surface area contributed by atoms with Gasteiger partial charge >= 0.3 is 11.8 Å². The number of nitrogens with zero attached hydrogens (tertiary/aromatic N) is 1. The average Bonchev–Trinajstić information content (AvgIpc) is 2.80. The molecule has 2 aromatic carbocycles. The summed E-state index contributed by atoms with van der Waals surface area (Å²) in [6, 6.07) is 13.9. The zero-order valence-electron chi connectivity index (χ0n) is 18.7. The number of benzene rings is 2. The van der Waals surface area contributed by atoms with Crippen LogP contribution in [0.5, 0.6) is 0 Å². The van der Waals surface area contributed by atoms with Crippen LogP contribution < -0.4 is 10.6 Å². The minimum atomic E-state index is -3.60. The third-order valence-electron chi connectivity index (χ3n) is 5.78. The molecule has 0 spiro atoms. The number of piperidine rings is 1. The number of nitrogens with one attached hydrogen (secondary N) is 2. The third kappa shape index (κ3) is 7.03. The van der Waals surface area contributed by atoms with E-state index in [0.717, 1.165) is 30.4 Å². The van der Waals surface area contributed by atoms with Crippen molar-refractivity contribution in [3.63, 3.8) is 0 Å². The molecule has 7 nitrogen and oxygen atoms in total. The summed E-state index contributed by atoms with van der Waals surface area (Å²) in [6.07, 6.45) is 3.51. The number of carbonyl (C=O) groups is 2. The topological polar surface area (TPSA) is 95.6 Å². The van der Waals surface area contributed by atoms with Crippen molar-refractivity contribution in [3.8, 4) is 0 Å². The highest BCUT2D eigenvalue weighted by atomic mass is 35.5. The summed E-state index contributed by atoms with van der Waals surface area (Å²) in [5, 5.41) is 5.86. The molecule has 33 heavy (non-hydrogen) atoms. The SMILES string of the molecule is Cc1ccc(S(=O)(=O)N2CCCC[C@@H]2CCNC(=O)C(=O)NCCc2ccc(Cl)cc2)cc1. The van der Waals surface area contributed by atoms with Crippen molar-refractivity contribution in [2.45, 2.75) is 50.0 Å². The Morgan fingerprint density at radius 2 is 1.61 bits per heavy atom. The lowest BCUT2D eigenvalue weighted by atomic mass is 10.0. The number of halogens is 1. The second-order valence-electron chi connectivity index (χ2n) is 8.26. The van der Waals surface area contributed by atoms with Crippen LogP contribution in [0.4, 0.5) is 0 Å². The van der Waals surface area contributed by atoms with Gasteiger partial charge in [0.1, 0.15) is 0 Å². The van der Waals surface area contributed by atoms with Gasteiger partial charge in [-0.05, 0) is 62.4 Å². The van der Waals surface area contributed by atoms with E-state index in [-0.39, 0.29) is 17.5 Å². The van der Waals surface area contributed by atoms with Gasteiger partial charge in [0.25, 0.3) is 0 Å². The van der Waals surface area contributed by atoms with Crippen LogP contribution in [-0.4, -0.2) is 50.2 Å². The van der Waals surface area contributed by atoms with Crippen LogP contribution in [0.2, 0.25) is 5.02 Å². The van der Waals surface area contributed by atoms with Crippen molar-refractivity contribution in [2.24, 2.45) is 0 Å². The molecule has 0 radical (unpaired) electrons. The molecule has 1 saturated heterocycles. The summed E-state index contributed by atoms with van der Waals surface area (Å²) in [5.41, 5.74) is 2.01. The van der Waals surface area contributed by atoms with Crippen LogP contribution in [0, 0.1) is 6.92 Å². The van der Waals surface area contributed by atoms with Crippen LogP contribution in [-0.2, 0) is 26.0 Å². The fourth-order valence-electron chi connectivity index (χ4n) is 3.91. The Balaban J connectivity index is 1.47. The number of carbonyl (C=O) groups excluding carboxylic acids is 2. The number of sulfonamides is 1. The van der Waals surface area contributed by atoms with Crippen molar-refractivity contribution in [1.82, 2.24) is 14.9 Å². The first kappa shape index (κ1) is 25.2. The van der Waals surface area contributed by atoms with Gasteiger partial charge in [0, 0.05) is 30.7 Å². The lowest BCUT2D eigenvalue weighted by Gasteiger charge is -2.34. The number of aryl methyl sites for hydroxylation is 1. The Morgan fingerprint density at radius 1 is 0.970 bits per heavy atom. The van der Waals surface area contributed by atoms with Crippen molar-refractivity contribution in [3.05, 3.63) is 64.7 Å². The quantitative estimate of drug-likeness (QED) is 0.555.